The molecule has 5 aromatic rings. The smallest absolute Gasteiger partial charge is 0.335 e. The average Bonchev–Trinajstić information content (AvgIpc) is 3.00. The number of aromatic nitrogens is 3. The fourth-order valence-electron chi connectivity index (χ4n) is 4.42. The van der Waals surface area contributed by atoms with Crippen LogP contribution in [0.25, 0.3) is 22.0 Å². The molecule has 0 bridgehead atoms. The second-order valence-electron chi connectivity index (χ2n) is 9.16. The molecule has 0 spiro atoms. The molecule has 0 saturated heterocycles. The van der Waals surface area contributed by atoms with Crippen LogP contribution in [0.15, 0.2) is 73.1 Å². The number of carboxylic acids is 2. The number of nitrogens with one attached hydrogen (secondary N) is 2. The Morgan fingerprint density at radius 3 is 2.19 bits per heavy atom. The third-order valence-electron chi connectivity index (χ3n) is 6.40. The van der Waals surface area contributed by atoms with Gasteiger partial charge in [0.15, 0.2) is 0 Å². The molecule has 2 heterocycles. The lowest BCUT2D eigenvalue weighted by Gasteiger charge is -2.16. The van der Waals surface area contributed by atoms with E-state index in [0.29, 0.717) is 44.8 Å². The van der Waals surface area contributed by atoms with Crippen LogP contribution in [-0.4, -0.2) is 57.2 Å². The summed E-state index contributed by atoms with van der Waals surface area (Å²) >= 11 is 0. The number of carboxylic acid groups (broad SMARTS) is 2. The van der Waals surface area contributed by atoms with Crippen molar-refractivity contribution in [2.45, 2.75) is 0 Å². The molecule has 0 fully saturated rings. The molecule has 0 aliphatic heterocycles. The first-order chi connectivity index (χ1) is 20.7. The summed E-state index contributed by atoms with van der Waals surface area (Å²) in [5.41, 5.74) is 8.93. The summed E-state index contributed by atoms with van der Waals surface area (Å²) in [4.78, 5) is 48.5. The van der Waals surface area contributed by atoms with E-state index in [1.54, 1.807) is 42.6 Å². The number of carbonyl (C=O) groups excluding carboxylic acids is 1. The number of amides is 1. The van der Waals surface area contributed by atoms with Crippen LogP contribution in [0.5, 0.6) is 11.9 Å². The number of fused-ring (bicyclic) bond motifs is 1. The molecular weight excluding hydrogens is 556 g/mol. The van der Waals surface area contributed by atoms with Crippen LogP contribution in [0, 0.1) is 0 Å². The van der Waals surface area contributed by atoms with Crippen LogP contribution >= 0.6 is 0 Å². The zero-order valence-corrected chi connectivity index (χ0v) is 22.8. The number of carbonyl (C=O) groups is 3. The monoisotopic (exact) mass is 580 g/mol. The molecule has 1 amide bonds. The number of anilines is 4. The SMILES string of the molecule is COc1ncc(-c2ccc3c(Nc4cc(Nc5cccc(C(=O)O)c5)cc(C(=O)O)c4)c(C(N)=O)cnc3c2)c(OC)n1. The van der Waals surface area contributed by atoms with Crippen molar-refractivity contribution in [2.24, 2.45) is 5.73 Å². The van der Waals surface area contributed by atoms with Gasteiger partial charge in [0.05, 0.1) is 47.7 Å². The standard InChI is InChI=1S/C30H24N6O7/c1-42-27-22(13-33-30(36-27)43-2)15-6-7-21-24(11-15)32-14-23(26(31)37)25(21)35-20-10-17(29(40)41)9-19(12-20)34-18-5-3-4-16(8-18)28(38)39/h3-14,34H,1-2H3,(H2,31,37)(H,32,35)(H,38,39)(H,40,41). The van der Waals surface area contributed by atoms with Crippen molar-refractivity contribution in [1.29, 1.82) is 0 Å². The Kier molecular flexibility index (Phi) is 7.70. The van der Waals surface area contributed by atoms with Gasteiger partial charge in [-0.2, -0.15) is 4.98 Å². The van der Waals surface area contributed by atoms with E-state index in [-0.39, 0.29) is 28.6 Å². The number of methoxy groups -OCH3 is 2. The van der Waals surface area contributed by atoms with Gasteiger partial charge in [0.1, 0.15) is 0 Å². The van der Waals surface area contributed by atoms with Gasteiger partial charge < -0.3 is 36.1 Å². The number of aromatic carboxylic acids is 2. The van der Waals surface area contributed by atoms with E-state index in [1.165, 1.54) is 44.7 Å². The molecule has 6 N–H and O–H groups in total. The topological polar surface area (TPSA) is 199 Å². The lowest BCUT2D eigenvalue weighted by Crippen LogP contribution is -2.14. The van der Waals surface area contributed by atoms with Crippen molar-refractivity contribution in [3.63, 3.8) is 0 Å². The van der Waals surface area contributed by atoms with E-state index in [9.17, 15) is 24.6 Å². The Hall–Kier alpha value is -6.24. The van der Waals surface area contributed by atoms with Gasteiger partial charge in [-0.25, -0.2) is 14.6 Å². The van der Waals surface area contributed by atoms with E-state index >= 15 is 0 Å². The van der Waals surface area contributed by atoms with Crippen molar-refractivity contribution in [3.05, 3.63) is 89.7 Å². The molecule has 5 rings (SSSR count). The van der Waals surface area contributed by atoms with Crippen LogP contribution in [0.3, 0.4) is 0 Å². The fraction of sp³-hybridized carbons (Fsp3) is 0.0667. The number of ether oxygens (including phenoxy) is 2. The maximum absolute atomic E-state index is 12.4. The van der Waals surface area contributed by atoms with Crippen LogP contribution in [0.1, 0.15) is 31.1 Å². The third kappa shape index (κ3) is 5.95. The van der Waals surface area contributed by atoms with Gasteiger partial charge in [-0.3, -0.25) is 9.78 Å². The highest BCUT2D eigenvalue weighted by atomic mass is 16.5. The summed E-state index contributed by atoms with van der Waals surface area (Å²) < 4.78 is 10.5. The van der Waals surface area contributed by atoms with Gasteiger partial charge >= 0.3 is 17.9 Å². The molecule has 0 saturated carbocycles. The molecule has 43 heavy (non-hydrogen) atoms. The van der Waals surface area contributed by atoms with Gasteiger partial charge in [0.25, 0.3) is 5.91 Å². The molecule has 0 aliphatic carbocycles. The average molecular weight is 581 g/mol. The zero-order chi connectivity index (χ0) is 30.7. The van der Waals surface area contributed by atoms with Crippen molar-refractivity contribution in [2.75, 3.05) is 24.9 Å². The molecule has 3 aromatic carbocycles. The molecule has 2 aromatic heterocycles. The van der Waals surface area contributed by atoms with Crippen LogP contribution in [0.4, 0.5) is 22.7 Å². The molecule has 0 aliphatic rings. The van der Waals surface area contributed by atoms with Crippen LogP contribution in [0.2, 0.25) is 0 Å². The van der Waals surface area contributed by atoms with Crippen LogP contribution in [-0.2, 0) is 0 Å². The molecule has 13 nitrogen and oxygen atoms in total. The Morgan fingerprint density at radius 1 is 0.791 bits per heavy atom. The summed E-state index contributed by atoms with van der Waals surface area (Å²) in [6.45, 7) is 0. The Bertz CT molecular complexity index is 1910. The largest absolute Gasteiger partial charge is 0.480 e. The second kappa shape index (κ2) is 11.7. The van der Waals surface area contributed by atoms with Crippen molar-refractivity contribution < 1.29 is 34.1 Å². The molecule has 0 atom stereocenters. The van der Waals surface area contributed by atoms with Crippen molar-refractivity contribution in [3.8, 4) is 23.0 Å². The summed E-state index contributed by atoms with van der Waals surface area (Å²) in [7, 11) is 2.92. The van der Waals surface area contributed by atoms with E-state index in [4.69, 9.17) is 15.2 Å². The van der Waals surface area contributed by atoms with E-state index in [0.717, 1.165) is 0 Å². The first-order valence-corrected chi connectivity index (χ1v) is 12.6. The predicted molar refractivity (Wildman–Crippen MR) is 158 cm³/mol. The zero-order valence-electron chi connectivity index (χ0n) is 22.8. The number of primary amides is 1. The van der Waals surface area contributed by atoms with Gasteiger partial charge in [-0.15, -0.1) is 0 Å². The molecule has 216 valence electrons. The van der Waals surface area contributed by atoms with Gasteiger partial charge in [-0.1, -0.05) is 18.2 Å². The Labute approximate surface area is 244 Å². The minimum absolute atomic E-state index is 0.0604. The first kappa shape index (κ1) is 28.3. The molecule has 13 heteroatoms. The van der Waals surface area contributed by atoms with Gasteiger partial charge in [0, 0.05) is 34.8 Å². The molecule has 0 unspecified atom stereocenters. The molecular formula is C30H24N6O7. The maximum atomic E-state index is 12.4. The number of nitrogens with two attached hydrogens (primary N) is 1. The number of hydrogen-bond donors (Lipinski definition) is 5. The highest BCUT2D eigenvalue weighted by molar-refractivity contribution is 6.08. The highest BCUT2D eigenvalue weighted by Crippen LogP contribution is 2.35. The highest BCUT2D eigenvalue weighted by Gasteiger charge is 2.18. The first-order valence-electron chi connectivity index (χ1n) is 12.6. The number of benzene rings is 3. The summed E-state index contributed by atoms with van der Waals surface area (Å²) in [6.07, 6.45) is 2.89. The van der Waals surface area contributed by atoms with Crippen molar-refractivity contribution in [1.82, 2.24) is 15.0 Å². The summed E-state index contributed by atoms with van der Waals surface area (Å²) in [6, 6.07) is 15.9. The van der Waals surface area contributed by atoms with E-state index < -0.39 is 17.8 Å². The van der Waals surface area contributed by atoms with Gasteiger partial charge in [0.2, 0.25) is 5.88 Å². The minimum atomic E-state index is -1.19. The minimum Gasteiger partial charge on any atom is -0.480 e. The van der Waals surface area contributed by atoms with Crippen molar-refractivity contribution >= 4 is 51.5 Å². The predicted octanol–water partition coefficient (Wildman–Crippen LogP) is 4.69. The Morgan fingerprint density at radius 2 is 1.51 bits per heavy atom. The van der Waals surface area contributed by atoms with Gasteiger partial charge in [-0.05, 0) is 48.0 Å². The number of pyridine rings is 1. The fourth-order valence-corrected chi connectivity index (χ4v) is 4.42. The normalized spacial score (nSPS) is 10.7. The van der Waals surface area contributed by atoms with E-state index in [1.807, 2.05) is 0 Å². The number of rotatable bonds is 10. The molecule has 0 radical (unpaired) electrons. The second-order valence-corrected chi connectivity index (χ2v) is 9.16. The third-order valence-corrected chi connectivity index (χ3v) is 6.40. The summed E-state index contributed by atoms with van der Waals surface area (Å²) in [5, 5.41) is 25.8. The van der Waals surface area contributed by atoms with E-state index in [2.05, 4.69) is 25.6 Å². The van der Waals surface area contributed by atoms with Crippen LogP contribution < -0.4 is 25.8 Å². The Balaban J connectivity index is 1.58. The number of nitrogens with zero attached hydrogens (tertiary/aromatic N) is 3. The quantitative estimate of drug-likeness (QED) is 0.153. The lowest BCUT2D eigenvalue weighted by atomic mass is 10.0. The number of hydrogen-bond acceptors (Lipinski definition) is 10. The lowest BCUT2D eigenvalue weighted by molar-refractivity contribution is 0.0686. The summed E-state index contributed by atoms with van der Waals surface area (Å²) in [5.74, 6) is -2.75. The maximum Gasteiger partial charge on any atom is 0.335 e.